The summed E-state index contributed by atoms with van der Waals surface area (Å²) in [6.45, 7) is 1.67. The van der Waals surface area contributed by atoms with Crippen LogP contribution in [-0.2, 0) is 4.79 Å². The molecule has 0 aliphatic carbocycles. The molecule has 3 heterocycles. The van der Waals surface area contributed by atoms with E-state index in [0.29, 0.717) is 13.1 Å². The van der Waals surface area contributed by atoms with Crippen molar-refractivity contribution in [2.24, 2.45) is 0 Å². The Labute approximate surface area is 175 Å². The van der Waals surface area contributed by atoms with Crippen LogP contribution in [0.4, 0.5) is 0 Å². The predicted molar refractivity (Wildman–Crippen MR) is 110 cm³/mol. The average molecular weight is 416 g/mol. The molecule has 0 saturated carbocycles. The number of fused-ring (bicyclic) bond motifs is 2. The molecular formula is C22H22ClNO5. The van der Waals surface area contributed by atoms with Gasteiger partial charge < -0.3 is 19.3 Å². The fraction of sp³-hybridized carbons (Fsp3) is 0.318. The topological polar surface area (TPSA) is 68.2 Å². The van der Waals surface area contributed by atoms with Gasteiger partial charge in [-0.05, 0) is 23.8 Å². The number of ether oxygens (including phenoxy) is 3. The van der Waals surface area contributed by atoms with E-state index in [1.807, 2.05) is 35.2 Å². The monoisotopic (exact) mass is 415 g/mol. The number of piperidine rings is 1. The van der Waals surface area contributed by atoms with Gasteiger partial charge in [-0.2, -0.15) is 0 Å². The van der Waals surface area contributed by atoms with Crippen LogP contribution in [0.25, 0.3) is 5.57 Å². The third-order valence-corrected chi connectivity index (χ3v) is 5.65. The van der Waals surface area contributed by atoms with Gasteiger partial charge in [0.05, 0.1) is 6.54 Å². The minimum absolute atomic E-state index is 0. The lowest BCUT2D eigenvalue weighted by atomic mass is 9.82. The van der Waals surface area contributed by atoms with E-state index in [9.17, 15) is 4.79 Å². The van der Waals surface area contributed by atoms with Crippen molar-refractivity contribution in [3.05, 3.63) is 59.7 Å². The van der Waals surface area contributed by atoms with Crippen molar-refractivity contribution < 1.29 is 24.1 Å². The van der Waals surface area contributed by atoms with Gasteiger partial charge in [-0.3, -0.25) is 9.69 Å². The minimum Gasteiger partial charge on any atom is -0.482 e. The average Bonchev–Trinajstić information content (AvgIpc) is 3.18. The number of rotatable bonds is 3. The van der Waals surface area contributed by atoms with Crippen molar-refractivity contribution in [2.45, 2.75) is 18.4 Å². The molecular weight excluding hydrogens is 394 g/mol. The van der Waals surface area contributed by atoms with Crippen LogP contribution in [-0.4, -0.2) is 48.0 Å². The van der Waals surface area contributed by atoms with E-state index in [2.05, 4.69) is 18.2 Å². The van der Waals surface area contributed by atoms with Crippen LogP contribution >= 0.6 is 12.4 Å². The van der Waals surface area contributed by atoms with Gasteiger partial charge in [-0.25, -0.2) is 0 Å². The molecule has 0 amide bonds. The molecule has 1 saturated heterocycles. The van der Waals surface area contributed by atoms with Gasteiger partial charge in [0.25, 0.3) is 0 Å². The van der Waals surface area contributed by atoms with E-state index in [0.717, 1.165) is 46.8 Å². The van der Waals surface area contributed by atoms with Crippen molar-refractivity contribution >= 4 is 23.9 Å². The first-order chi connectivity index (χ1) is 13.6. The fourth-order valence-corrected chi connectivity index (χ4v) is 4.26. The Morgan fingerprint density at radius 1 is 1.00 bits per heavy atom. The summed E-state index contributed by atoms with van der Waals surface area (Å²) < 4.78 is 17.8. The van der Waals surface area contributed by atoms with Crippen molar-refractivity contribution in [3.8, 4) is 17.2 Å². The first-order valence-electron chi connectivity index (χ1n) is 9.48. The maximum atomic E-state index is 11.0. The number of benzene rings is 2. The Morgan fingerprint density at radius 3 is 2.52 bits per heavy atom. The molecule has 3 aliphatic rings. The Bertz CT molecular complexity index is 965. The molecule has 2 aromatic rings. The molecule has 152 valence electrons. The number of para-hydroxylation sites is 2. The molecule has 6 nitrogen and oxygen atoms in total. The van der Waals surface area contributed by atoms with Gasteiger partial charge >= 0.3 is 5.97 Å². The first-order valence-corrected chi connectivity index (χ1v) is 9.48. The summed E-state index contributed by atoms with van der Waals surface area (Å²) >= 11 is 0. The fourth-order valence-electron chi connectivity index (χ4n) is 4.26. The standard InChI is InChI=1S/C22H21NO5.ClH/c24-20(25)13-23-10-8-22(9-11-23)12-17(15-4-1-2-6-18(15)28-22)16-5-3-7-19-21(16)27-14-26-19;/h1-7,12H,8-11,13-14H2,(H,24,25);1H. The molecule has 0 aromatic heterocycles. The molecule has 7 heteroatoms. The van der Waals surface area contributed by atoms with E-state index in [1.165, 1.54) is 0 Å². The van der Waals surface area contributed by atoms with Crippen LogP contribution in [0.2, 0.25) is 0 Å². The summed E-state index contributed by atoms with van der Waals surface area (Å²) in [5.41, 5.74) is 2.67. The maximum absolute atomic E-state index is 11.0. The summed E-state index contributed by atoms with van der Waals surface area (Å²) in [5.74, 6) is 1.58. The van der Waals surface area contributed by atoms with Crippen molar-refractivity contribution in [1.82, 2.24) is 4.90 Å². The number of hydrogen-bond donors (Lipinski definition) is 1. The molecule has 0 unspecified atom stereocenters. The number of carbonyl (C=O) groups is 1. The Kier molecular flexibility index (Phi) is 5.15. The number of carboxylic acid groups (broad SMARTS) is 1. The van der Waals surface area contributed by atoms with Gasteiger partial charge in [0.2, 0.25) is 6.79 Å². The largest absolute Gasteiger partial charge is 0.482 e. The summed E-state index contributed by atoms with van der Waals surface area (Å²) in [5, 5.41) is 9.07. The van der Waals surface area contributed by atoms with E-state index in [4.69, 9.17) is 19.3 Å². The van der Waals surface area contributed by atoms with Crippen LogP contribution in [0.3, 0.4) is 0 Å². The van der Waals surface area contributed by atoms with Crippen molar-refractivity contribution in [1.29, 1.82) is 0 Å². The molecule has 1 N–H and O–H groups in total. The molecule has 5 rings (SSSR count). The van der Waals surface area contributed by atoms with Crippen LogP contribution < -0.4 is 14.2 Å². The molecule has 0 bridgehead atoms. The number of halogens is 1. The van der Waals surface area contributed by atoms with Gasteiger partial charge in [0.1, 0.15) is 11.4 Å². The van der Waals surface area contributed by atoms with E-state index < -0.39 is 11.6 Å². The summed E-state index contributed by atoms with van der Waals surface area (Å²) in [6.07, 6.45) is 3.68. The Morgan fingerprint density at radius 2 is 1.72 bits per heavy atom. The number of hydrogen-bond acceptors (Lipinski definition) is 5. The molecule has 0 radical (unpaired) electrons. The smallest absolute Gasteiger partial charge is 0.317 e. The van der Waals surface area contributed by atoms with Crippen LogP contribution in [0, 0.1) is 0 Å². The number of likely N-dealkylation sites (tertiary alicyclic amines) is 1. The highest BCUT2D eigenvalue weighted by Gasteiger charge is 2.40. The van der Waals surface area contributed by atoms with Gasteiger partial charge in [0.15, 0.2) is 11.5 Å². The summed E-state index contributed by atoms with van der Waals surface area (Å²) in [4.78, 5) is 13.0. The molecule has 0 atom stereocenters. The molecule has 29 heavy (non-hydrogen) atoms. The van der Waals surface area contributed by atoms with Crippen LogP contribution in [0.5, 0.6) is 17.2 Å². The zero-order valence-electron chi connectivity index (χ0n) is 15.8. The highest BCUT2D eigenvalue weighted by molar-refractivity contribution is 5.88. The van der Waals surface area contributed by atoms with Crippen LogP contribution in [0.1, 0.15) is 24.0 Å². The third-order valence-electron chi connectivity index (χ3n) is 5.65. The second kappa shape index (κ2) is 7.61. The number of carboxylic acids is 1. The lowest BCUT2D eigenvalue weighted by Gasteiger charge is -2.42. The van der Waals surface area contributed by atoms with Crippen molar-refractivity contribution in [2.75, 3.05) is 26.4 Å². The second-order valence-corrected chi connectivity index (χ2v) is 7.43. The molecule has 1 spiro atoms. The third kappa shape index (κ3) is 3.54. The molecule has 3 aliphatic heterocycles. The highest BCUT2D eigenvalue weighted by Crippen LogP contribution is 2.47. The number of aliphatic carboxylic acids is 1. The highest BCUT2D eigenvalue weighted by atomic mass is 35.5. The SMILES string of the molecule is Cl.O=C(O)CN1CCC2(C=C(c3cccc4c3OCO4)c3ccccc3O2)CC1. The zero-order chi connectivity index (χ0) is 19.1. The van der Waals surface area contributed by atoms with E-state index in [1.54, 1.807) is 0 Å². The maximum Gasteiger partial charge on any atom is 0.317 e. The van der Waals surface area contributed by atoms with Gasteiger partial charge in [-0.15, -0.1) is 12.4 Å². The summed E-state index contributed by atoms with van der Waals surface area (Å²) in [7, 11) is 0. The van der Waals surface area contributed by atoms with Crippen molar-refractivity contribution in [3.63, 3.8) is 0 Å². The number of nitrogens with zero attached hydrogens (tertiary/aromatic N) is 1. The van der Waals surface area contributed by atoms with E-state index in [-0.39, 0.29) is 25.7 Å². The minimum atomic E-state index is -0.793. The quantitative estimate of drug-likeness (QED) is 0.826. The lowest BCUT2D eigenvalue weighted by molar-refractivity contribution is -0.139. The summed E-state index contributed by atoms with van der Waals surface area (Å²) in [6, 6.07) is 14.0. The Hall–Kier alpha value is -2.70. The van der Waals surface area contributed by atoms with Gasteiger partial charge in [0, 0.05) is 37.1 Å². The van der Waals surface area contributed by atoms with Crippen LogP contribution in [0.15, 0.2) is 48.5 Å². The Balaban J connectivity index is 0.00000205. The zero-order valence-corrected chi connectivity index (χ0v) is 16.6. The van der Waals surface area contributed by atoms with Gasteiger partial charge in [-0.1, -0.05) is 30.3 Å². The normalized spacial score (nSPS) is 19.0. The molecule has 2 aromatic carbocycles. The second-order valence-electron chi connectivity index (χ2n) is 7.43. The first kappa shape index (κ1) is 19.6. The van der Waals surface area contributed by atoms with E-state index >= 15 is 0 Å². The lowest BCUT2D eigenvalue weighted by Crippen LogP contribution is -2.49. The molecule has 1 fully saturated rings. The predicted octanol–water partition coefficient (Wildman–Crippen LogP) is 3.58.